The fourth-order valence-electron chi connectivity index (χ4n) is 4.04. The minimum Gasteiger partial charge on any atom is -0.483 e. The summed E-state index contributed by atoms with van der Waals surface area (Å²) in [5, 5.41) is 23.4. The molecule has 1 aromatic heterocycles. The second-order valence-corrected chi connectivity index (χ2v) is 8.96. The van der Waals surface area contributed by atoms with Crippen LogP contribution in [0.1, 0.15) is 39.2 Å². The van der Waals surface area contributed by atoms with Crippen molar-refractivity contribution in [2.45, 2.75) is 58.7 Å². The summed E-state index contributed by atoms with van der Waals surface area (Å²) in [5.74, 6) is -0.775. The maximum absolute atomic E-state index is 13.4. The molecule has 2 aromatic rings. The molecule has 0 unspecified atom stereocenters. The Hall–Kier alpha value is -4.06. The molecule has 5 N–H and O–H groups in total. The normalized spacial score (nSPS) is 15.7. The molecule has 1 saturated heterocycles. The Bertz CT molecular complexity index is 1100. The Balaban J connectivity index is 0.00000110. The third-order valence-corrected chi connectivity index (χ3v) is 6.14. The van der Waals surface area contributed by atoms with Crippen LogP contribution in [-0.2, 0) is 24.0 Å². The number of likely N-dealkylation sites (N-methyl/N-ethyl adjacent to an activating group) is 1. The fraction of sp³-hybridized carbons (Fsp3) is 0.462. The first-order valence-corrected chi connectivity index (χ1v) is 12.2. The SMILES string of the molecule is CN[C@@H](C)C(=O)N[C@H](C(=O)N1CCC[C@H]1C(=O)Nc1c(C)ccc2ncccc12)C(C)C.O=CO.O=CO. The number of carbonyl (C=O) groups excluding carboxylic acids is 3. The van der Waals surface area contributed by atoms with Gasteiger partial charge in [0, 0.05) is 18.1 Å². The Morgan fingerprint density at radius 3 is 2.32 bits per heavy atom. The van der Waals surface area contributed by atoms with Crippen LogP contribution in [0.4, 0.5) is 5.69 Å². The zero-order valence-electron chi connectivity index (χ0n) is 22.3. The van der Waals surface area contributed by atoms with Gasteiger partial charge in [-0.15, -0.1) is 0 Å². The maximum atomic E-state index is 13.4. The van der Waals surface area contributed by atoms with E-state index in [9.17, 15) is 14.4 Å². The van der Waals surface area contributed by atoms with Gasteiger partial charge in [-0.05, 0) is 63.4 Å². The van der Waals surface area contributed by atoms with E-state index in [4.69, 9.17) is 19.8 Å². The average molecular weight is 532 g/mol. The third kappa shape index (κ3) is 8.51. The second kappa shape index (κ2) is 15.9. The molecule has 1 fully saturated rings. The molecule has 3 atom stereocenters. The Morgan fingerprint density at radius 1 is 1.11 bits per heavy atom. The highest BCUT2D eigenvalue weighted by molar-refractivity contribution is 6.05. The van der Waals surface area contributed by atoms with Crippen molar-refractivity contribution in [2.24, 2.45) is 5.92 Å². The first-order chi connectivity index (χ1) is 18.1. The summed E-state index contributed by atoms with van der Waals surface area (Å²) in [6.45, 7) is 7.46. The van der Waals surface area contributed by atoms with Crippen molar-refractivity contribution < 1.29 is 34.2 Å². The van der Waals surface area contributed by atoms with Gasteiger partial charge in [-0.25, -0.2) is 0 Å². The second-order valence-electron chi connectivity index (χ2n) is 8.96. The molecule has 2 heterocycles. The van der Waals surface area contributed by atoms with Crippen LogP contribution >= 0.6 is 0 Å². The monoisotopic (exact) mass is 531 g/mol. The van der Waals surface area contributed by atoms with Gasteiger partial charge >= 0.3 is 0 Å². The molecule has 3 amide bonds. The van der Waals surface area contributed by atoms with Crippen LogP contribution in [0.5, 0.6) is 0 Å². The molecular weight excluding hydrogens is 494 g/mol. The van der Waals surface area contributed by atoms with Gasteiger partial charge in [-0.2, -0.15) is 0 Å². The van der Waals surface area contributed by atoms with E-state index in [-0.39, 0.29) is 36.6 Å². The van der Waals surface area contributed by atoms with Crippen LogP contribution in [-0.4, -0.2) is 82.5 Å². The quantitative estimate of drug-likeness (QED) is 0.332. The number of amides is 3. The molecule has 0 bridgehead atoms. The van der Waals surface area contributed by atoms with Gasteiger partial charge in [0.1, 0.15) is 12.1 Å². The summed E-state index contributed by atoms with van der Waals surface area (Å²) in [7, 11) is 1.70. The number of aryl methyl sites for hydroxylation is 1. The molecule has 0 radical (unpaired) electrons. The van der Waals surface area contributed by atoms with Gasteiger partial charge < -0.3 is 31.1 Å². The highest BCUT2D eigenvalue weighted by Crippen LogP contribution is 2.28. The predicted molar refractivity (Wildman–Crippen MR) is 143 cm³/mol. The van der Waals surface area contributed by atoms with Gasteiger partial charge in [0.05, 0.1) is 17.2 Å². The molecule has 0 saturated carbocycles. The van der Waals surface area contributed by atoms with Crippen molar-refractivity contribution in [1.82, 2.24) is 20.5 Å². The van der Waals surface area contributed by atoms with Crippen molar-refractivity contribution in [2.75, 3.05) is 18.9 Å². The van der Waals surface area contributed by atoms with Gasteiger partial charge in [0.15, 0.2) is 0 Å². The standard InChI is InChI=1S/C24H33N5O3.2CH2O2/c1-14(2)20(27-22(30)16(4)25-5)24(32)29-13-7-9-19(29)23(31)28-21-15(3)10-11-18-17(21)8-6-12-26-18;2*2-1-3/h6,8,10-12,14,16,19-20,25H,7,9,13H2,1-5H3,(H,27,30)(H,28,31);2*1H,(H,2,3)/t16-,19-,20-;;/m0../s1. The van der Waals surface area contributed by atoms with E-state index < -0.39 is 18.1 Å². The maximum Gasteiger partial charge on any atom is 0.290 e. The van der Waals surface area contributed by atoms with E-state index in [0.717, 1.165) is 28.6 Å². The number of hydrogen-bond acceptors (Lipinski definition) is 7. The largest absolute Gasteiger partial charge is 0.483 e. The molecule has 208 valence electrons. The first-order valence-electron chi connectivity index (χ1n) is 12.2. The molecule has 3 rings (SSSR count). The number of likely N-dealkylation sites (tertiary alicyclic amines) is 1. The van der Waals surface area contributed by atoms with E-state index in [1.165, 1.54) is 0 Å². The number of anilines is 1. The van der Waals surface area contributed by atoms with Gasteiger partial charge in [-0.3, -0.25) is 29.0 Å². The number of aromatic nitrogens is 1. The van der Waals surface area contributed by atoms with Gasteiger partial charge in [-0.1, -0.05) is 19.9 Å². The van der Waals surface area contributed by atoms with Gasteiger partial charge in [0.25, 0.3) is 12.9 Å². The number of carbonyl (C=O) groups is 5. The molecule has 1 aliphatic rings. The number of hydrogen-bond donors (Lipinski definition) is 5. The third-order valence-electron chi connectivity index (χ3n) is 6.14. The van der Waals surface area contributed by atoms with Crippen LogP contribution < -0.4 is 16.0 Å². The van der Waals surface area contributed by atoms with E-state index in [1.807, 2.05) is 45.0 Å². The van der Waals surface area contributed by atoms with Crippen LogP contribution in [0.25, 0.3) is 10.9 Å². The molecule has 1 aliphatic heterocycles. The molecule has 0 spiro atoms. The highest BCUT2D eigenvalue weighted by atomic mass is 16.3. The Morgan fingerprint density at radius 2 is 1.74 bits per heavy atom. The number of pyridine rings is 1. The number of nitrogens with zero attached hydrogens (tertiary/aromatic N) is 2. The van der Waals surface area contributed by atoms with Crippen LogP contribution in [0.15, 0.2) is 30.5 Å². The van der Waals surface area contributed by atoms with Crippen LogP contribution in [0.2, 0.25) is 0 Å². The lowest BCUT2D eigenvalue weighted by Gasteiger charge is -2.31. The number of carboxylic acid groups (broad SMARTS) is 2. The van der Waals surface area contributed by atoms with Crippen molar-refractivity contribution in [3.05, 3.63) is 36.0 Å². The summed E-state index contributed by atoms with van der Waals surface area (Å²) in [6.07, 6.45) is 3.05. The molecule has 0 aliphatic carbocycles. The molecular formula is C26H37N5O7. The minimum atomic E-state index is -0.685. The molecule has 1 aromatic carbocycles. The predicted octanol–water partition coefficient (Wildman–Crippen LogP) is 1.62. The zero-order chi connectivity index (χ0) is 28.8. The highest BCUT2D eigenvalue weighted by Gasteiger charge is 2.39. The Kier molecular flexibility index (Phi) is 13.4. The van der Waals surface area contributed by atoms with Crippen molar-refractivity contribution in [3.63, 3.8) is 0 Å². The fourth-order valence-corrected chi connectivity index (χ4v) is 4.04. The number of fused-ring (bicyclic) bond motifs is 1. The topological polar surface area (TPSA) is 178 Å². The number of benzene rings is 1. The summed E-state index contributed by atoms with van der Waals surface area (Å²) >= 11 is 0. The van der Waals surface area contributed by atoms with Crippen LogP contribution in [0, 0.1) is 12.8 Å². The lowest BCUT2D eigenvalue weighted by molar-refractivity contribution is -0.141. The number of nitrogens with one attached hydrogen (secondary N) is 3. The van der Waals surface area contributed by atoms with Crippen molar-refractivity contribution in [3.8, 4) is 0 Å². The first kappa shape index (κ1) is 32.0. The molecule has 12 heteroatoms. The smallest absolute Gasteiger partial charge is 0.290 e. The Labute approximate surface area is 221 Å². The zero-order valence-corrected chi connectivity index (χ0v) is 22.3. The summed E-state index contributed by atoms with van der Waals surface area (Å²) in [4.78, 5) is 61.7. The van der Waals surface area contributed by atoms with E-state index in [1.54, 1.807) is 25.1 Å². The van der Waals surface area contributed by atoms with Crippen molar-refractivity contribution >= 4 is 47.3 Å². The average Bonchev–Trinajstić information content (AvgIpc) is 3.39. The summed E-state index contributed by atoms with van der Waals surface area (Å²) in [5.41, 5.74) is 2.45. The van der Waals surface area contributed by atoms with E-state index >= 15 is 0 Å². The lowest BCUT2D eigenvalue weighted by Crippen LogP contribution is -2.56. The van der Waals surface area contributed by atoms with E-state index in [2.05, 4.69) is 20.9 Å². The number of rotatable bonds is 7. The van der Waals surface area contributed by atoms with Gasteiger partial charge in [0.2, 0.25) is 17.7 Å². The minimum absolute atomic E-state index is 0.105. The molecule has 38 heavy (non-hydrogen) atoms. The van der Waals surface area contributed by atoms with Crippen LogP contribution in [0.3, 0.4) is 0 Å². The van der Waals surface area contributed by atoms with E-state index in [0.29, 0.717) is 13.0 Å². The summed E-state index contributed by atoms with van der Waals surface area (Å²) in [6, 6.07) is 5.94. The van der Waals surface area contributed by atoms with Crippen molar-refractivity contribution in [1.29, 1.82) is 0 Å². The summed E-state index contributed by atoms with van der Waals surface area (Å²) < 4.78 is 0. The lowest BCUT2D eigenvalue weighted by atomic mass is 10.0. The molecule has 12 nitrogen and oxygen atoms in total.